The summed E-state index contributed by atoms with van der Waals surface area (Å²) < 4.78 is 16.8. The average molecular weight is 545 g/mol. The number of aliphatic hydroxyl groups excluding tert-OH is 1. The molecule has 1 atom stereocenters. The van der Waals surface area contributed by atoms with E-state index in [0.717, 1.165) is 12.1 Å². The Hall–Kier alpha value is -4.30. The zero-order valence-corrected chi connectivity index (χ0v) is 23.6. The van der Waals surface area contributed by atoms with Gasteiger partial charge in [-0.1, -0.05) is 36.4 Å². The summed E-state index contributed by atoms with van der Waals surface area (Å²) in [6, 6.07) is 19.6. The van der Waals surface area contributed by atoms with Crippen LogP contribution in [0.1, 0.15) is 34.7 Å². The number of aliphatic hydroxyl groups is 1. The third-order valence-corrected chi connectivity index (χ3v) is 6.97. The number of ketones is 1. The van der Waals surface area contributed by atoms with Crippen molar-refractivity contribution in [1.29, 1.82) is 0 Å². The van der Waals surface area contributed by atoms with Gasteiger partial charge in [0.05, 0.1) is 25.8 Å². The van der Waals surface area contributed by atoms with Crippen molar-refractivity contribution in [3.63, 3.8) is 0 Å². The minimum Gasteiger partial charge on any atom is -0.507 e. The number of nitrogens with zero attached hydrogens (tertiary/aromatic N) is 2. The lowest BCUT2D eigenvalue weighted by Gasteiger charge is -2.26. The summed E-state index contributed by atoms with van der Waals surface area (Å²) in [6.07, 6.45) is 0.663. The van der Waals surface area contributed by atoms with E-state index in [2.05, 4.69) is 0 Å². The predicted octanol–water partition coefficient (Wildman–Crippen LogP) is 4.96. The van der Waals surface area contributed by atoms with Crippen LogP contribution in [-0.2, 0) is 16.2 Å². The zero-order chi connectivity index (χ0) is 28.8. The maximum atomic E-state index is 13.4. The van der Waals surface area contributed by atoms with Gasteiger partial charge in [0.1, 0.15) is 18.1 Å². The minimum atomic E-state index is -0.782. The van der Waals surface area contributed by atoms with Crippen LogP contribution in [0.2, 0.25) is 0 Å². The Morgan fingerprint density at radius 3 is 2.33 bits per heavy atom. The van der Waals surface area contributed by atoms with Gasteiger partial charge in [-0.3, -0.25) is 9.59 Å². The molecule has 40 heavy (non-hydrogen) atoms. The average Bonchev–Trinajstić information content (AvgIpc) is 3.21. The standard InChI is InChI=1S/C32H36N2O6/c1-21-18-24(40-20-22-10-7-6-8-11-22)13-14-25(21)30(35)28-29(23-12-15-26(38-4)27(19-23)39-5)34(32(37)31(28)36)17-9-16-33(2)3/h6-8,10-15,18-19,29,35H,9,16-17,20H2,1-5H3/b30-28+/t29-/m0/s1. The molecule has 1 fully saturated rings. The number of aryl methyl sites for hydroxylation is 1. The quantitative estimate of drug-likeness (QED) is 0.207. The van der Waals surface area contributed by atoms with E-state index in [-0.39, 0.29) is 11.3 Å². The van der Waals surface area contributed by atoms with E-state index in [9.17, 15) is 14.7 Å². The van der Waals surface area contributed by atoms with Gasteiger partial charge in [-0.25, -0.2) is 0 Å². The molecule has 1 N–H and O–H groups in total. The van der Waals surface area contributed by atoms with E-state index in [1.165, 1.54) is 12.0 Å². The molecule has 1 saturated heterocycles. The summed E-state index contributed by atoms with van der Waals surface area (Å²) in [5.41, 5.74) is 2.90. The van der Waals surface area contributed by atoms with E-state index in [1.807, 2.05) is 62.3 Å². The van der Waals surface area contributed by atoms with Gasteiger partial charge in [0.2, 0.25) is 0 Å². The van der Waals surface area contributed by atoms with Crippen molar-refractivity contribution in [3.05, 3.63) is 94.6 Å². The van der Waals surface area contributed by atoms with Crippen LogP contribution in [0, 0.1) is 6.92 Å². The third kappa shape index (κ3) is 6.13. The van der Waals surface area contributed by atoms with Gasteiger partial charge in [-0.2, -0.15) is 0 Å². The van der Waals surface area contributed by atoms with Crippen LogP contribution in [0.3, 0.4) is 0 Å². The molecule has 0 bridgehead atoms. The first kappa shape index (κ1) is 28.7. The number of hydrogen-bond acceptors (Lipinski definition) is 7. The highest BCUT2D eigenvalue weighted by atomic mass is 16.5. The third-order valence-electron chi connectivity index (χ3n) is 6.97. The number of hydrogen-bond donors (Lipinski definition) is 1. The Bertz CT molecular complexity index is 1400. The summed E-state index contributed by atoms with van der Waals surface area (Å²) in [6.45, 7) is 3.33. The van der Waals surface area contributed by atoms with Crippen LogP contribution in [0.25, 0.3) is 5.76 Å². The summed E-state index contributed by atoms with van der Waals surface area (Å²) in [5, 5.41) is 11.6. The minimum absolute atomic E-state index is 0.0446. The fraction of sp³-hybridized carbons (Fsp3) is 0.312. The maximum Gasteiger partial charge on any atom is 0.295 e. The Balaban J connectivity index is 1.73. The van der Waals surface area contributed by atoms with Crippen molar-refractivity contribution in [2.75, 3.05) is 41.4 Å². The number of Topliss-reactive ketones (excluding diaryl/α,β-unsaturated/α-hetero) is 1. The van der Waals surface area contributed by atoms with Crippen molar-refractivity contribution in [3.8, 4) is 17.2 Å². The molecule has 1 heterocycles. The molecule has 4 rings (SSSR count). The highest BCUT2D eigenvalue weighted by Crippen LogP contribution is 2.42. The van der Waals surface area contributed by atoms with E-state index < -0.39 is 17.7 Å². The molecule has 1 aliphatic rings. The van der Waals surface area contributed by atoms with Crippen molar-refractivity contribution >= 4 is 17.4 Å². The smallest absolute Gasteiger partial charge is 0.295 e. The highest BCUT2D eigenvalue weighted by Gasteiger charge is 2.46. The molecule has 0 radical (unpaired) electrons. The number of benzene rings is 3. The summed E-state index contributed by atoms with van der Waals surface area (Å²) in [7, 11) is 6.98. The lowest BCUT2D eigenvalue weighted by Crippen LogP contribution is -2.32. The number of carbonyl (C=O) groups excluding carboxylic acids is 2. The largest absolute Gasteiger partial charge is 0.507 e. The van der Waals surface area contributed by atoms with Gasteiger partial charge in [0.15, 0.2) is 11.5 Å². The van der Waals surface area contributed by atoms with Crippen molar-refractivity contribution in [2.24, 2.45) is 0 Å². The Kier molecular flexibility index (Phi) is 9.11. The molecule has 0 saturated carbocycles. The lowest BCUT2D eigenvalue weighted by molar-refractivity contribution is -0.139. The lowest BCUT2D eigenvalue weighted by atomic mass is 9.93. The topological polar surface area (TPSA) is 88.5 Å². The van der Waals surface area contributed by atoms with Gasteiger partial charge in [-0.05, 0) is 81.0 Å². The van der Waals surface area contributed by atoms with Crippen molar-refractivity contribution in [2.45, 2.75) is 26.0 Å². The van der Waals surface area contributed by atoms with E-state index in [1.54, 1.807) is 37.4 Å². The second-order valence-electron chi connectivity index (χ2n) is 10.0. The number of ether oxygens (including phenoxy) is 3. The summed E-state index contributed by atoms with van der Waals surface area (Å²) >= 11 is 0. The molecule has 0 unspecified atom stereocenters. The number of amides is 1. The van der Waals surface area contributed by atoms with Crippen LogP contribution in [0.4, 0.5) is 0 Å². The second-order valence-corrected chi connectivity index (χ2v) is 10.0. The molecule has 8 heteroatoms. The molecule has 0 spiro atoms. The van der Waals surface area contributed by atoms with E-state index in [0.29, 0.717) is 53.5 Å². The maximum absolute atomic E-state index is 13.4. The van der Waals surface area contributed by atoms with Gasteiger partial charge in [0.25, 0.3) is 11.7 Å². The van der Waals surface area contributed by atoms with Crippen molar-refractivity contribution < 1.29 is 28.9 Å². The monoisotopic (exact) mass is 544 g/mol. The molecule has 3 aromatic carbocycles. The van der Waals surface area contributed by atoms with Crippen molar-refractivity contribution in [1.82, 2.24) is 9.80 Å². The number of rotatable bonds is 11. The van der Waals surface area contributed by atoms with E-state index >= 15 is 0 Å². The van der Waals surface area contributed by atoms with Crippen LogP contribution in [-0.4, -0.2) is 68.0 Å². The molecular formula is C32H36N2O6. The van der Waals surface area contributed by atoms with Crippen LogP contribution >= 0.6 is 0 Å². The van der Waals surface area contributed by atoms with E-state index in [4.69, 9.17) is 14.2 Å². The Morgan fingerprint density at radius 1 is 0.950 bits per heavy atom. The first-order valence-corrected chi connectivity index (χ1v) is 13.2. The highest BCUT2D eigenvalue weighted by molar-refractivity contribution is 6.46. The molecule has 1 aliphatic heterocycles. The number of likely N-dealkylation sites (tertiary alicyclic amines) is 1. The summed E-state index contributed by atoms with van der Waals surface area (Å²) in [5.74, 6) is 0.0538. The SMILES string of the molecule is COc1ccc([C@H]2/C(=C(\O)c3ccc(OCc4ccccc4)cc3C)C(=O)C(=O)N2CCCN(C)C)cc1OC. The Morgan fingerprint density at radius 2 is 1.68 bits per heavy atom. The van der Waals surface area contributed by atoms with Gasteiger partial charge >= 0.3 is 0 Å². The number of methoxy groups -OCH3 is 2. The molecule has 1 amide bonds. The first-order valence-electron chi connectivity index (χ1n) is 13.2. The van der Waals surface area contributed by atoms with Gasteiger partial charge in [-0.15, -0.1) is 0 Å². The second kappa shape index (κ2) is 12.7. The Labute approximate surface area is 235 Å². The molecule has 0 aromatic heterocycles. The molecular weight excluding hydrogens is 508 g/mol. The van der Waals surface area contributed by atoms with Crippen LogP contribution in [0.15, 0.2) is 72.3 Å². The number of carbonyl (C=O) groups is 2. The first-order chi connectivity index (χ1) is 19.2. The molecule has 3 aromatic rings. The predicted molar refractivity (Wildman–Crippen MR) is 154 cm³/mol. The molecule has 0 aliphatic carbocycles. The summed E-state index contributed by atoms with van der Waals surface area (Å²) in [4.78, 5) is 30.3. The fourth-order valence-corrected chi connectivity index (χ4v) is 4.91. The normalized spacial score (nSPS) is 16.4. The van der Waals surface area contributed by atoms with Crippen LogP contribution in [0.5, 0.6) is 17.2 Å². The zero-order valence-electron chi connectivity index (χ0n) is 23.6. The van der Waals surface area contributed by atoms with Gasteiger partial charge < -0.3 is 29.1 Å². The fourth-order valence-electron chi connectivity index (χ4n) is 4.91. The molecule has 8 nitrogen and oxygen atoms in total. The van der Waals surface area contributed by atoms with Gasteiger partial charge in [0, 0.05) is 12.1 Å². The molecule has 210 valence electrons. The van der Waals surface area contributed by atoms with Crippen LogP contribution < -0.4 is 14.2 Å².